The molecule has 0 radical (unpaired) electrons. The summed E-state index contributed by atoms with van der Waals surface area (Å²) < 4.78 is 6.29. The zero-order valence-electron chi connectivity index (χ0n) is 18.1. The number of nitrogens with one attached hydrogen (secondary N) is 2. The molecule has 0 aromatic heterocycles. The maximum absolute atomic E-state index is 12.8. The molecule has 4 amide bonds. The number of nitrogens with zero attached hydrogens (tertiary/aromatic N) is 2. The zero-order valence-corrected chi connectivity index (χ0v) is 18.1. The van der Waals surface area contributed by atoms with Crippen LogP contribution in [0.4, 0.5) is 9.59 Å². The molecular formula is C22H38N4O3. The van der Waals surface area contributed by atoms with Gasteiger partial charge in [-0.15, -0.1) is 0 Å². The van der Waals surface area contributed by atoms with Gasteiger partial charge in [-0.1, -0.05) is 12.8 Å². The number of carbonyl (C=O) groups is 2. The highest BCUT2D eigenvalue weighted by Crippen LogP contribution is 2.40. The van der Waals surface area contributed by atoms with E-state index in [9.17, 15) is 9.59 Å². The number of ether oxygens (including phenoxy) is 1. The van der Waals surface area contributed by atoms with Crippen molar-refractivity contribution in [3.63, 3.8) is 0 Å². The lowest BCUT2D eigenvalue weighted by Crippen LogP contribution is -2.58. The molecule has 2 saturated carbocycles. The quantitative estimate of drug-likeness (QED) is 0.753. The van der Waals surface area contributed by atoms with Gasteiger partial charge < -0.3 is 25.2 Å². The monoisotopic (exact) mass is 406 g/mol. The Labute approximate surface area is 174 Å². The molecule has 4 fully saturated rings. The molecule has 0 bridgehead atoms. The Morgan fingerprint density at radius 2 is 1.72 bits per heavy atom. The molecule has 1 atom stereocenters. The Morgan fingerprint density at radius 1 is 1.03 bits per heavy atom. The maximum atomic E-state index is 12.8. The number of rotatable bonds is 4. The molecule has 2 aliphatic carbocycles. The third kappa shape index (κ3) is 4.98. The van der Waals surface area contributed by atoms with E-state index < -0.39 is 0 Å². The van der Waals surface area contributed by atoms with Crippen LogP contribution in [-0.4, -0.2) is 71.3 Å². The summed E-state index contributed by atoms with van der Waals surface area (Å²) >= 11 is 0. The van der Waals surface area contributed by atoms with Gasteiger partial charge in [-0.2, -0.15) is 0 Å². The fourth-order valence-corrected chi connectivity index (χ4v) is 5.35. The molecular weight excluding hydrogens is 368 g/mol. The van der Waals surface area contributed by atoms with Crippen LogP contribution in [0.2, 0.25) is 0 Å². The largest absolute Gasteiger partial charge is 0.375 e. The molecule has 7 nitrogen and oxygen atoms in total. The van der Waals surface area contributed by atoms with Crippen LogP contribution in [0.1, 0.15) is 78.1 Å². The lowest BCUT2D eigenvalue weighted by molar-refractivity contribution is -0.125. The lowest BCUT2D eigenvalue weighted by Gasteiger charge is -2.48. The summed E-state index contributed by atoms with van der Waals surface area (Å²) in [4.78, 5) is 29.5. The van der Waals surface area contributed by atoms with Gasteiger partial charge in [0.05, 0.1) is 5.60 Å². The summed E-state index contributed by atoms with van der Waals surface area (Å²) in [5, 5.41) is 6.30. The average Bonchev–Trinajstić information content (AvgIpc) is 3.37. The van der Waals surface area contributed by atoms with Crippen LogP contribution in [0.15, 0.2) is 0 Å². The van der Waals surface area contributed by atoms with Gasteiger partial charge in [0.2, 0.25) is 0 Å². The van der Waals surface area contributed by atoms with Crippen molar-refractivity contribution in [1.82, 2.24) is 20.4 Å². The predicted molar refractivity (Wildman–Crippen MR) is 112 cm³/mol. The molecule has 1 spiro atoms. The molecule has 4 aliphatic rings. The van der Waals surface area contributed by atoms with Crippen molar-refractivity contribution in [3.05, 3.63) is 0 Å². The van der Waals surface area contributed by atoms with E-state index in [1.165, 1.54) is 12.8 Å². The Balaban J connectivity index is 1.33. The first kappa shape index (κ1) is 20.8. The molecule has 2 aliphatic heterocycles. The fraction of sp³-hybridized carbons (Fsp3) is 0.909. The van der Waals surface area contributed by atoms with Gasteiger partial charge >= 0.3 is 12.1 Å². The van der Waals surface area contributed by atoms with E-state index in [1.807, 2.05) is 18.7 Å². The van der Waals surface area contributed by atoms with Crippen LogP contribution in [0.3, 0.4) is 0 Å². The van der Waals surface area contributed by atoms with Gasteiger partial charge in [-0.05, 0) is 65.2 Å². The topological polar surface area (TPSA) is 73.9 Å². The number of piperidine rings is 1. The van der Waals surface area contributed by atoms with Crippen LogP contribution in [-0.2, 0) is 4.74 Å². The Hall–Kier alpha value is -1.50. The van der Waals surface area contributed by atoms with Gasteiger partial charge in [0.25, 0.3) is 0 Å². The number of amides is 4. The summed E-state index contributed by atoms with van der Waals surface area (Å²) in [5.74, 6) is 0. The van der Waals surface area contributed by atoms with Gasteiger partial charge in [0, 0.05) is 43.9 Å². The third-order valence-electron chi connectivity index (χ3n) is 7.09. The highest BCUT2D eigenvalue weighted by Gasteiger charge is 2.46. The van der Waals surface area contributed by atoms with E-state index >= 15 is 0 Å². The van der Waals surface area contributed by atoms with E-state index in [4.69, 9.17) is 4.74 Å². The minimum absolute atomic E-state index is 0.0814. The fourth-order valence-electron chi connectivity index (χ4n) is 5.35. The van der Waals surface area contributed by atoms with E-state index in [0.717, 1.165) is 64.5 Å². The first-order valence-corrected chi connectivity index (χ1v) is 11.7. The normalized spacial score (nSPS) is 27.3. The van der Waals surface area contributed by atoms with Crippen molar-refractivity contribution in [3.8, 4) is 0 Å². The first-order chi connectivity index (χ1) is 14.0. The van der Waals surface area contributed by atoms with E-state index in [0.29, 0.717) is 18.7 Å². The Kier molecular flexibility index (Phi) is 6.23. The molecule has 1 unspecified atom stereocenters. The molecule has 2 N–H and O–H groups in total. The predicted octanol–water partition coefficient (Wildman–Crippen LogP) is 3.23. The van der Waals surface area contributed by atoms with Crippen LogP contribution in [0, 0.1) is 0 Å². The summed E-state index contributed by atoms with van der Waals surface area (Å²) in [6.07, 6.45) is 10.5. The van der Waals surface area contributed by atoms with Crippen molar-refractivity contribution in [1.29, 1.82) is 0 Å². The minimum atomic E-state index is -0.182. The standard InChI is InChI=1S/C22H38N4O3/c1-16(2)23-21(28)26(18-7-8-18)19-9-14-29-22(15-19)10-12-25(13-11-22)20(27)24-17-5-3-4-6-17/h16-19H,3-15H2,1-2H3,(H,23,28)(H,24,27). The smallest absolute Gasteiger partial charge is 0.318 e. The molecule has 2 heterocycles. The number of likely N-dealkylation sites (tertiary alicyclic amines) is 1. The van der Waals surface area contributed by atoms with Crippen LogP contribution < -0.4 is 10.6 Å². The maximum Gasteiger partial charge on any atom is 0.318 e. The SMILES string of the molecule is CC(C)NC(=O)N(C1CC1)C1CCOC2(CCN(C(=O)NC3CCCC3)CC2)C1. The molecule has 2 saturated heterocycles. The van der Waals surface area contributed by atoms with E-state index in [2.05, 4.69) is 15.5 Å². The second-order valence-corrected chi connectivity index (χ2v) is 9.84. The molecule has 7 heteroatoms. The van der Waals surface area contributed by atoms with E-state index in [1.54, 1.807) is 0 Å². The Morgan fingerprint density at radius 3 is 2.34 bits per heavy atom. The number of carbonyl (C=O) groups excluding carboxylic acids is 2. The number of hydrogen-bond acceptors (Lipinski definition) is 3. The zero-order chi connectivity index (χ0) is 20.4. The molecule has 29 heavy (non-hydrogen) atoms. The average molecular weight is 407 g/mol. The molecule has 0 aromatic rings. The third-order valence-corrected chi connectivity index (χ3v) is 7.09. The highest BCUT2D eigenvalue weighted by molar-refractivity contribution is 5.76. The second kappa shape index (κ2) is 8.70. The summed E-state index contributed by atoms with van der Waals surface area (Å²) in [6.45, 7) is 6.22. The minimum Gasteiger partial charge on any atom is -0.375 e. The van der Waals surface area contributed by atoms with Gasteiger partial charge in [0.1, 0.15) is 0 Å². The molecule has 0 aromatic carbocycles. The molecule has 4 rings (SSSR count). The van der Waals surface area contributed by atoms with Gasteiger partial charge in [-0.25, -0.2) is 9.59 Å². The highest BCUT2D eigenvalue weighted by atomic mass is 16.5. The number of hydrogen-bond donors (Lipinski definition) is 2. The first-order valence-electron chi connectivity index (χ1n) is 11.7. The summed E-state index contributed by atoms with van der Waals surface area (Å²) in [6, 6.07) is 1.33. The Bertz CT molecular complexity index is 593. The van der Waals surface area contributed by atoms with Crippen molar-refractivity contribution in [2.24, 2.45) is 0 Å². The lowest BCUT2D eigenvalue weighted by atomic mass is 9.82. The van der Waals surface area contributed by atoms with Crippen molar-refractivity contribution >= 4 is 12.1 Å². The van der Waals surface area contributed by atoms with E-state index in [-0.39, 0.29) is 29.7 Å². The summed E-state index contributed by atoms with van der Waals surface area (Å²) in [7, 11) is 0. The van der Waals surface area contributed by atoms with Crippen molar-refractivity contribution in [2.45, 2.75) is 108 Å². The van der Waals surface area contributed by atoms with Crippen LogP contribution in [0.5, 0.6) is 0 Å². The second-order valence-electron chi connectivity index (χ2n) is 9.84. The van der Waals surface area contributed by atoms with Crippen LogP contribution in [0.25, 0.3) is 0 Å². The molecule has 164 valence electrons. The van der Waals surface area contributed by atoms with Crippen LogP contribution >= 0.6 is 0 Å². The number of urea groups is 2. The van der Waals surface area contributed by atoms with Crippen molar-refractivity contribution in [2.75, 3.05) is 19.7 Å². The van der Waals surface area contributed by atoms with Gasteiger partial charge in [-0.3, -0.25) is 0 Å². The van der Waals surface area contributed by atoms with Gasteiger partial charge in [0.15, 0.2) is 0 Å². The van der Waals surface area contributed by atoms with Crippen molar-refractivity contribution < 1.29 is 14.3 Å². The summed E-state index contributed by atoms with van der Waals surface area (Å²) in [5.41, 5.74) is -0.182.